The largest absolute Gasteiger partial charge is 0.353 e. The van der Waals surface area contributed by atoms with Crippen molar-refractivity contribution in [3.63, 3.8) is 0 Å². The molecule has 0 spiro atoms. The molecule has 144 valence electrons. The van der Waals surface area contributed by atoms with Crippen LogP contribution in [0.25, 0.3) is 10.2 Å². The Kier molecular flexibility index (Phi) is 5.48. The van der Waals surface area contributed by atoms with E-state index in [4.69, 9.17) is 0 Å². The van der Waals surface area contributed by atoms with E-state index in [2.05, 4.69) is 20.2 Å². The molecular weight excluding hydrogens is 374 g/mol. The molecule has 7 nitrogen and oxygen atoms in total. The fourth-order valence-corrected chi connectivity index (χ4v) is 3.98. The summed E-state index contributed by atoms with van der Waals surface area (Å²) in [7, 11) is 0. The fourth-order valence-electron chi connectivity index (χ4n) is 3.26. The van der Waals surface area contributed by atoms with Crippen molar-refractivity contribution in [2.45, 2.75) is 12.8 Å². The number of fused-ring (bicyclic) bond motifs is 1. The Bertz CT molecular complexity index is 967. The molecule has 4 rings (SSSR count). The van der Waals surface area contributed by atoms with Crippen molar-refractivity contribution < 1.29 is 9.59 Å². The van der Waals surface area contributed by atoms with Gasteiger partial charge < -0.3 is 15.1 Å². The highest BCUT2D eigenvalue weighted by molar-refractivity contribution is 7.16. The van der Waals surface area contributed by atoms with Crippen molar-refractivity contribution in [3.05, 3.63) is 48.1 Å². The van der Waals surface area contributed by atoms with Gasteiger partial charge in [-0.15, -0.1) is 11.3 Å². The minimum Gasteiger partial charge on any atom is -0.353 e. The van der Waals surface area contributed by atoms with E-state index in [1.54, 1.807) is 11.7 Å². The number of piperazine rings is 1. The van der Waals surface area contributed by atoms with Crippen LogP contribution in [0.15, 0.2) is 48.1 Å². The number of thiazole rings is 1. The van der Waals surface area contributed by atoms with Crippen LogP contribution in [0.5, 0.6) is 0 Å². The molecule has 1 saturated heterocycles. The molecule has 1 aliphatic heterocycles. The number of nitrogens with one attached hydrogen (secondary N) is 1. The van der Waals surface area contributed by atoms with Crippen molar-refractivity contribution in [2.24, 2.45) is 0 Å². The molecular formula is C20H21N5O2S. The first kappa shape index (κ1) is 18.4. The number of nitrogens with zero attached hydrogens (tertiary/aromatic N) is 4. The van der Waals surface area contributed by atoms with Crippen LogP contribution in [-0.4, -0.2) is 52.9 Å². The van der Waals surface area contributed by atoms with Gasteiger partial charge in [0, 0.05) is 50.9 Å². The summed E-state index contributed by atoms with van der Waals surface area (Å²) in [4.78, 5) is 37.2. The van der Waals surface area contributed by atoms with Gasteiger partial charge in [0.05, 0.1) is 15.7 Å². The van der Waals surface area contributed by atoms with Gasteiger partial charge >= 0.3 is 0 Å². The lowest BCUT2D eigenvalue weighted by Gasteiger charge is -2.35. The molecule has 0 aliphatic carbocycles. The molecule has 1 aliphatic rings. The third kappa shape index (κ3) is 4.28. The van der Waals surface area contributed by atoms with Crippen molar-refractivity contribution >= 4 is 44.9 Å². The van der Waals surface area contributed by atoms with Crippen LogP contribution in [0.1, 0.15) is 12.8 Å². The molecule has 0 bridgehead atoms. The Balaban J connectivity index is 1.23. The molecule has 3 aromatic rings. The SMILES string of the molecule is O=C(CCC(=O)N1CCN(c2ccccn2)CC1)Nc1ccc2ncsc2c1. The monoisotopic (exact) mass is 395 g/mol. The number of hydrogen-bond acceptors (Lipinski definition) is 6. The van der Waals surface area contributed by atoms with E-state index < -0.39 is 0 Å². The number of aromatic nitrogens is 2. The summed E-state index contributed by atoms with van der Waals surface area (Å²) >= 11 is 1.53. The molecule has 0 radical (unpaired) electrons. The molecule has 28 heavy (non-hydrogen) atoms. The van der Waals surface area contributed by atoms with Crippen LogP contribution >= 0.6 is 11.3 Å². The number of benzene rings is 1. The standard InChI is InChI=1S/C20H21N5O2S/c26-19(23-15-4-5-16-17(13-15)28-14-22-16)6-7-20(27)25-11-9-24(10-12-25)18-3-1-2-8-21-18/h1-5,8,13-14H,6-7,9-12H2,(H,23,26). The molecule has 1 N–H and O–H groups in total. The molecule has 0 saturated carbocycles. The molecule has 8 heteroatoms. The fraction of sp³-hybridized carbons (Fsp3) is 0.300. The normalized spacial score (nSPS) is 14.3. The Hall–Kier alpha value is -3.00. The van der Waals surface area contributed by atoms with Gasteiger partial charge in [0.2, 0.25) is 11.8 Å². The summed E-state index contributed by atoms with van der Waals surface area (Å²) in [6, 6.07) is 11.5. The molecule has 0 unspecified atom stereocenters. The van der Waals surface area contributed by atoms with Gasteiger partial charge in [-0.25, -0.2) is 9.97 Å². The highest BCUT2D eigenvalue weighted by atomic mass is 32.1. The summed E-state index contributed by atoms with van der Waals surface area (Å²) in [6.07, 6.45) is 2.18. The third-order valence-corrected chi connectivity index (χ3v) is 5.58. The maximum Gasteiger partial charge on any atom is 0.224 e. The van der Waals surface area contributed by atoms with Crippen LogP contribution in [0.3, 0.4) is 0 Å². The quantitative estimate of drug-likeness (QED) is 0.719. The average Bonchev–Trinajstić information content (AvgIpc) is 3.21. The minimum atomic E-state index is -0.149. The van der Waals surface area contributed by atoms with Gasteiger partial charge in [0.15, 0.2) is 0 Å². The predicted octanol–water partition coefficient (Wildman–Crippen LogP) is 2.76. The zero-order valence-electron chi connectivity index (χ0n) is 15.4. The molecule has 1 aromatic carbocycles. The minimum absolute atomic E-state index is 0.0220. The van der Waals surface area contributed by atoms with Gasteiger partial charge in [-0.05, 0) is 30.3 Å². The highest BCUT2D eigenvalue weighted by Gasteiger charge is 2.22. The van der Waals surface area contributed by atoms with Crippen molar-refractivity contribution in [2.75, 3.05) is 36.4 Å². The average molecular weight is 395 g/mol. The lowest BCUT2D eigenvalue weighted by atomic mass is 10.2. The molecule has 2 amide bonds. The second kappa shape index (κ2) is 8.35. The number of anilines is 2. The maximum absolute atomic E-state index is 12.4. The van der Waals surface area contributed by atoms with Crippen molar-refractivity contribution in [1.82, 2.24) is 14.9 Å². The first-order valence-corrected chi connectivity index (χ1v) is 10.1. The second-order valence-corrected chi connectivity index (χ2v) is 7.53. The van der Waals surface area contributed by atoms with Crippen LogP contribution < -0.4 is 10.2 Å². The smallest absolute Gasteiger partial charge is 0.224 e. The van der Waals surface area contributed by atoms with E-state index in [1.165, 1.54) is 11.3 Å². The Morgan fingerprint density at radius 3 is 2.68 bits per heavy atom. The Labute approximate surface area is 167 Å². The summed E-state index contributed by atoms with van der Waals surface area (Å²) in [6.45, 7) is 2.81. The lowest BCUT2D eigenvalue weighted by Crippen LogP contribution is -2.49. The van der Waals surface area contributed by atoms with Gasteiger partial charge in [0.25, 0.3) is 0 Å². The molecule has 2 aromatic heterocycles. The van der Waals surface area contributed by atoms with Crippen LogP contribution in [0.4, 0.5) is 11.5 Å². The van der Waals surface area contributed by atoms with Crippen molar-refractivity contribution in [1.29, 1.82) is 0 Å². The van der Waals surface area contributed by atoms with E-state index in [0.29, 0.717) is 13.1 Å². The van der Waals surface area contributed by atoms with Gasteiger partial charge in [0.1, 0.15) is 5.82 Å². The Morgan fingerprint density at radius 1 is 1.04 bits per heavy atom. The van der Waals surface area contributed by atoms with E-state index >= 15 is 0 Å². The van der Waals surface area contributed by atoms with E-state index in [1.807, 2.05) is 41.3 Å². The van der Waals surface area contributed by atoms with E-state index in [0.717, 1.165) is 34.8 Å². The molecule has 1 fully saturated rings. The van der Waals surface area contributed by atoms with Gasteiger partial charge in [-0.2, -0.15) is 0 Å². The van der Waals surface area contributed by atoms with Gasteiger partial charge in [-0.1, -0.05) is 6.07 Å². The first-order valence-electron chi connectivity index (χ1n) is 9.26. The van der Waals surface area contributed by atoms with Crippen LogP contribution in [0.2, 0.25) is 0 Å². The number of carbonyl (C=O) groups is 2. The summed E-state index contributed by atoms with van der Waals surface area (Å²) in [5.74, 6) is 0.810. The van der Waals surface area contributed by atoms with Gasteiger partial charge in [-0.3, -0.25) is 9.59 Å². The Morgan fingerprint density at radius 2 is 1.89 bits per heavy atom. The zero-order valence-corrected chi connectivity index (χ0v) is 16.2. The lowest BCUT2D eigenvalue weighted by molar-refractivity contribution is -0.133. The third-order valence-electron chi connectivity index (χ3n) is 4.79. The maximum atomic E-state index is 12.4. The van der Waals surface area contributed by atoms with E-state index in [9.17, 15) is 9.59 Å². The number of amides is 2. The predicted molar refractivity (Wildman–Crippen MR) is 111 cm³/mol. The van der Waals surface area contributed by atoms with Crippen LogP contribution in [0, 0.1) is 0 Å². The number of pyridine rings is 1. The first-order chi connectivity index (χ1) is 13.7. The number of carbonyl (C=O) groups excluding carboxylic acids is 2. The topological polar surface area (TPSA) is 78.4 Å². The number of hydrogen-bond donors (Lipinski definition) is 1. The summed E-state index contributed by atoms with van der Waals surface area (Å²) in [5.41, 5.74) is 3.43. The molecule has 3 heterocycles. The molecule has 0 atom stereocenters. The second-order valence-electron chi connectivity index (χ2n) is 6.64. The van der Waals surface area contributed by atoms with Crippen LogP contribution in [-0.2, 0) is 9.59 Å². The number of rotatable bonds is 5. The summed E-state index contributed by atoms with van der Waals surface area (Å²) in [5, 5.41) is 2.86. The highest BCUT2D eigenvalue weighted by Crippen LogP contribution is 2.22. The zero-order chi connectivity index (χ0) is 19.3. The summed E-state index contributed by atoms with van der Waals surface area (Å²) < 4.78 is 1.03. The van der Waals surface area contributed by atoms with E-state index in [-0.39, 0.29) is 24.7 Å². The van der Waals surface area contributed by atoms with Crippen molar-refractivity contribution in [3.8, 4) is 0 Å².